The van der Waals surface area contributed by atoms with E-state index in [2.05, 4.69) is 0 Å². The number of aliphatic hydroxyl groups is 1. The quantitative estimate of drug-likeness (QED) is 0.776. The van der Waals surface area contributed by atoms with Gasteiger partial charge in [-0.05, 0) is 34.6 Å². The molecule has 2 saturated heterocycles. The van der Waals surface area contributed by atoms with Gasteiger partial charge in [0.25, 0.3) is 0 Å². The van der Waals surface area contributed by atoms with Gasteiger partial charge in [-0.15, -0.1) is 0 Å². The lowest BCUT2D eigenvalue weighted by Crippen LogP contribution is -2.56. The Balaban J connectivity index is 2.07. The average Bonchev–Trinajstić information content (AvgIpc) is 2.61. The third-order valence-electron chi connectivity index (χ3n) is 3.15. The molecule has 2 aliphatic rings. The van der Waals surface area contributed by atoms with Gasteiger partial charge >= 0.3 is 0 Å². The molecular formula is C13H24O6. The summed E-state index contributed by atoms with van der Waals surface area (Å²) in [7, 11) is 0. The van der Waals surface area contributed by atoms with Crippen LogP contribution >= 0.6 is 0 Å². The van der Waals surface area contributed by atoms with Crippen molar-refractivity contribution in [2.45, 2.75) is 70.8 Å². The Bertz CT molecular complexity index is 312. The van der Waals surface area contributed by atoms with Gasteiger partial charge in [-0.25, -0.2) is 0 Å². The Hall–Kier alpha value is -0.240. The summed E-state index contributed by atoms with van der Waals surface area (Å²) in [5.41, 5.74) is 0. The molecule has 6 nitrogen and oxygen atoms in total. The van der Waals surface area contributed by atoms with E-state index in [0.717, 1.165) is 0 Å². The zero-order chi connectivity index (χ0) is 14.3. The average molecular weight is 276 g/mol. The monoisotopic (exact) mass is 276 g/mol. The van der Waals surface area contributed by atoms with Crippen LogP contribution in [0, 0.1) is 0 Å². The molecule has 2 rings (SSSR count). The molecular weight excluding hydrogens is 252 g/mol. The van der Waals surface area contributed by atoms with Gasteiger partial charge < -0.3 is 28.8 Å². The first kappa shape index (κ1) is 15.2. The van der Waals surface area contributed by atoms with Gasteiger partial charge in [-0.2, -0.15) is 0 Å². The lowest BCUT2D eigenvalue weighted by atomic mass is 10.1. The van der Waals surface area contributed by atoms with Crippen molar-refractivity contribution in [2.24, 2.45) is 0 Å². The molecule has 2 heterocycles. The van der Waals surface area contributed by atoms with E-state index in [0.29, 0.717) is 13.2 Å². The Kier molecular flexibility index (Phi) is 4.21. The maximum atomic E-state index is 9.39. The summed E-state index contributed by atoms with van der Waals surface area (Å²) in [6, 6.07) is 0. The van der Waals surface area contributed by atoms with E-state index < -0.39 is 17.9 Å². The normalized spacial score (nSPS) is 39.2. The smallest absolute Gasteiger partial charge is 0.163 e. The van der Waals surface area contributed by atoms with Crippen molar-refractivity contribution < 1.29 is 28.8 Å². The highest BCUT2D eigenvalue weighted by atomic mass is 16.8. The minimum absolute atomic E-state index is 0.234. The molecule has 6 heteroatoms. The minimum atomic E-state index is -0.878. The van der Waals surface area contributed by atoms with Gasteiger partial charge in [0.2, 0.25) is 0 Å². The number of ether oxygens (including phenoxy) is 5. The highest BCUT2D eigenvalue weighted by Crippen LogP contribution is 2.33. The first-order valence-corrected chi connectivity index (χ1v) is 6.66. The first-order chi connectivity index (χ1) is 8.69. The van der Waals surface area contributed by atoms with Crippen molar-refractivity contribution in [1.29, 1.82) is 0 Å². The summed E-state index contributed by atoms with van der Waals surface area (Å²) in [4.78, 5) is 0. The molecule has 0 aromatic heterocycles. The second-order valence-electron chi connectivity index (χ2n) is 5.93. The largest absolute Gasteiger partial charge is 0.368 e. The number of aliphatic hydroxyl groups excluding tert-OH is 1. The maximum absolute atomic E-state index is 9.39. The minimum Gasteiger partial charge on any atom is -0.368 e. The summed E-state index contributed by atoms with van der Waals surface area (Å²) in [5, 5.41) is 9.39. The summed E-state index contributed by atoms with van der Waals surface area (Å²) >= 11 is 0. The van der Waals surface area contributed by atoms with Crippen molar-refractivity contribution in [3.63, 3.8) is 0 Å². The molecule has 0 aromatic rings. The Morgan fingerprint density at radius 1 is 1.05 bits per heavy atom. The fourth-order valence-electron chi connectivity index (χ4n) is 2.38. The second-order valence-corrected chi connectivity index (χ2v) is 5.93. The van der Waals surface area contributed by atoms with Crippen LogP contribution in [-0.2, 0) is 23.7 Å². The molecule has 0 spiro atoms. The van der Waals surface area contributed by atoms with Crippen molar-refractivity contribution in [3.8, 4) is 0 Å². The van der Waals surface area contributed by atoms with Crippen molar-refractivity contribution in [1.82, 2.24) is 0 Å². The number of hydrogen-bond acceptors (Lipinski definition) is 6. The van der Waals surface area contributed by atoms with Crippen LogP contribution in [0.4, 0.5) is 0 Å². The van der Waals surface area contributed by atoms with E-state index in [1.165, 1.54) is 0 Å². The number of rotatable bonds is 3. The van der Waals surface area contributed by atoms with Crippen molar-refractivity contribution in [2.75, 3.05) is 13.2 Å². The molecule has 0 radical (unpaired) electrons. The van der Waals surface area contributed by atoms with Gasteiger partial charge in [0.1, 0.15) is 18.3 Å². The fraction of sp³-hybridized carbons (Fsp3) is 1.00. The van der Waals surface area contributed by atoms with Crippen molar-refractivity contribution in [3.05, 3.63) is 0 Å². The van der Waals surface area contributed by atoms with E-state index >= 15 is 0 Å². The molecule has 2 fully saturated rings. The molecule has 0 amide bonds. The third kappa shape index (κ3) is 3.87. The maximum Gasteiger partial charge on any atom is 0.163 e. The Labute approximate surface area is 113 Å². The zero-order valence-corrected chi connectivity index (χ0v) is 12.2. The van der Waals surface area contributed by atoms with Gasteiger partial charge in [-0.3, -0.25) is 0 Å². The molecule has 2 unspecified atom stereocenters. The lowest BCUT2D eigenvalue weighted by molar-refractivity contribution is -0.339. The van der Waals surface area contributed by atoms with Crippen LogP contribution in [0.1, 0.15) is 34.6 Å². The van der Waals surface area contributed by atoms with E-state index in [1.54, 1.807) is 6.92 Å². The van der Waals surface area contributed by atoms with Crippen LogP contribution in [0.25, 0.3) is 0 Å². The van der Waals surface area contributed by atoms with Gasteiger partial charge in [0.15, 0.2) is 17.9 Å². The van der Waals surface area contributed by atoms with Gasteiger partial charge in [0.05, 0.1) is 13.2 Å². The predicted octanol–water partition coefficient (Wildman–Crippen LogP) is 1.01. The van der Waals surface area contributed by atoms with Crippen LogP contribution in [-0.4, -0.2) is 54.5 Å². The molecule has 2 aliphatic heterocycles. The number of hydrogen-bond donors (Lipinski definition) is 1. The van der Waals surface area contributed by atoms with Crippen LogP contribution in [0.5, 0.6) is 0 Å². The van der Waals surface area contributed by atoms with Crippen molar-refractivity contribution >= 4 is 0 Å². The molecule has 4 atom stereocenters. The summed E-state index contributed by atoms with van der Waals surface area (Å²) in [5.74, 6) is -1.31. The SMILES string of the molecule is CC(O)OC1COC(C)(C)O[C@H]1[C@H]1COC(C)(C)O1. The topological polar surface area (TPSA) is 66.4 Å². The van der Waals surface area contributed by atoms with E-state index in [9.17, 15) is 5.11 Å². The summed E-state index contributed by atoms with van der Waals surface area (Å²) in [6.45, 7) is 9.77. The molecule has 0 bridgehead atoms. The summed E-state index contributed by atoms with van der Waals surface area (Å²) in [6.07, 6.45) is -1.83. The van der Waals surface area contributed by atoms with Gasteiger partial charge in [0, 0.05) is 0 Å². The molecule has 0 aromatic carbocycles. The fourth-order valence-corrected chi connectivity index (χ4v) is 2.38. The highest BCUT2D eigenvalue weighted by molar-refractivity contribution is 4.88. The Morgan fingerprint density at radius 2 is 1.63 bits per heavy atom. The second kappa shape index (κ2) is 5.27. The molecule has 0 aliphatic carbocycles. The van der Waals surface area contributed by atoms with E-state index in [-0.39, 0.29) is 18.3 Å². The van der Waals surface area contributed by atoms with Crippen LogP contribution in [0.2, 0.25) is 0 Å². The van der Waals surface area contributed by atoms with Crippen LogP contribution in [0.15, 0.2) is 0 Å². The van der Waals surface area contributed by atoms with Crippen LogP contribution < -0.4 is 0 Å². The molecule has 19 heavy (non-hydrogen) atoms. The Morgan fingerprint density at radius 3 is 2.16 bits per heavy atom. The summed E-state index contributed by atoms with van der Waals surface area (Å²) < 4.78 is 28.3. The van der Waals surface area contributed by atoms with Crippen LogP contribution in [0.3, 0.4) is 0 Å². The van der Waals surface area contributed by atoms with E-state index in [4.69, 9.17) is 23.7 Å². The predicted molar refractivity (Wildman–Crippen MR) is 66.4 cm³/mol. The molecule has 0 saturated carbocycles. The van der Waals surface area contributed by atoms with E-state index in [1.807, 2.05) is 27.7 Å². The molecule has 1 N–H and O–H groups in total. The highest BCUT2D eigenvalue weighted by Gasteiger charge is 2.47. The zero-order valence-electron chi connectivity index (χ0n) is 12.2. The third-order valence-corrected chi connectivity index (χ3v) is 3.15. The first-order valence-electron chi connectivity index (χ1n) is 6.66. The molecule has 112 valence electrons. The standard InChI is InChI=1S/C13H24O6/c1-8(14)17-9-6-15-13(4,5)19-11(9)10-7-16-12(2,3)18-10/h8-11,14H,6-7H2,1-5H3/t8?,9?,10-,11-/m1/s1. The van der Waals surface area contributed by atoms with Gasteiger partial charge in [-0.1, -0.05) is 0 Å². The lowest BCUT2D eigenvalue weighted by Gasteiger charge is -2.43.